The van der Waals surface area contributed by atoms with Crippen molar-refractivity contribution in [3.63, 3.8) is 0 Å². The third kappa shape index (κ3) is 5.38. The van der Waals surface area contributed by atoms with Crippen LogP contribution in [0.2, 0.25) is 0 Å². The van der Waals surface area contributed by atoms with Crippen molar-refractivity contribution in [2.75, 3.05) is 13.2 Å². The minimum Gasteiger partial charge on any atom is -0.508 e. The summed E-state index contributed by atoms with van der Waals surface area (Å²) < 4.78 is 4.71. The van der Waals surface area contributed by atoms with E-state index in [1.807, 2.05) is 12.2 Å². The molecule has 0 aliphatic heterocycles. The van der Waals surface area contributed by atoms with Crippen molar-refractivity contribution in [1.82, 2.24) is 10.6 Å². The topological polar surface area (TPSA) is 105 Å². The number of nitrogens with one attached hydrogen (secondary N) is 2. The van der Waals surface area contributed by atoms with E-state index in [4.69, 9.17) is 4.74 Å². The molecule has 0 aromatic heterocycles. The summed E-state index contributed by atoms with van der Waals surface area (Å²) in [6.07, 6.45) is 0.744. The van der Waals surface area contributed by atoms with Gasteiger partial charge < -0.3 is 15.2 Å². The zero-order valence-corrected chi connectivity index (χ0v) is 11.0. The lowest BCUT2D eigenvalue weighted by atomic mass is 10.2. The van der Waals surface area contributed by atoms with Crippen LogP contribution >= 0.6 is 0 Å². The molecule has 1 rings (SSSR count). The molecule has 108 valence electrons. The highest BCUT2D eigenvalue weighted by Gasteiger charge is 2.12. The third-order valence-electron chi connectivity index (χ3n) is 2.20. The number of amides is 3. The Morgan fingerprint density at radius 2 is 2.05 bits per heavy atom. The van der Waals surface area contributed by atoms with Crippen LogP contribution in [0.5, 0.6) is 5.75 Å². The first-order valence-electron chi connectivity index (χ1n) is 6.06. The maximum absolute atomic E-state index is 11.5. The van der Waals surface area contributed by atoms with Crippen LogP contribution in [-0.4, -0.2) is 36.2 Å². The first kappa shape index (κ1) is 15.5. The number of carbonyl (C=O) groups is 3. The summed E-state index contributed by atoms with van der Waals surface area (Å²) in [6, 6.07) is 4.90. The number of benzene rings is 1. The molecule has 0 saturated heterocycles. The maximum Gasteiger partial charge on any atom is 0.338 e. The number of carbonyl (C=O) groups excluding carboxylic acids is 3. The van der Waals surface area contributed by atoms with E-state index in [9.17, 15) is 19.5 Å². The molecule has 7 heteroatoms. The Kier molecular flexibility index (Phi) is 6.02. The molecule has 0 radical (unpaired) electrons. The number of ether oxygens (including phenoxy) is 1. The van der Waals surface area contributed by atoms with Gasteiger partial charge >= 0.3 is 12.0 Å². The number of hydrogen-bond acceptors (Lipinski definition) is 5. The second-order valence-corrected chi connectivity index (χ2v) is 3.93. The molecule has 0 spiro atoms. The van der Waals surface area contributed by atoms with Crippen LogP contribution in [0.1, 0.15) is 23.7 Å². The van der Waals surface area contributed by atoms with Crippen LogP contribution < -0.4 is 10.6 Å². The fourth-order valence-electron chi connectivity index (χ4n) is 1.29. The Bertz CT molecular complexity index is 501. The predicted molar refractivity (Wildman–Crippen MR) is 70.2 cm³/mol. The molecule has 1 aromatic carbocycles. The molecule has 0 aliphatic rings. The van der Waals surface area contributed by atoms with E-state index in [1.165, 1.54) is 24.3 Å². The van der Waals surface area contributed by atoms with Crippen LogP contribution in [0.3, 0.4) is 0 Å². The minimum atomic E-state index is -0.759. The maximum atomic E-state index is 11.5. The monoisotopic (exact) mass is 280 g/mol. The molecule has 3 N–H and O–H groups in total. The van der Waals surface area contributed by atoms with Crippen molar-refractivity contribution < 1.29 is 24.2 Å². The SMILES string of the molecule is CCCNC(=O)NC(=O)COC(=O)c1cccc(O)c1. The van der Waals surface area contributed by atoms with Crippen molar-refractivity contribution >= 4 is 17.9 Å². The molecule has 3 amide bonds. The van der Waals surface area contributed by atoms with Gasteiger partial charge in [-0.1, -0.05) is 13.0 Å². The summed E-state index contributed by atoms with van der Waals surface area (Å²) in [5.74, 6) is -1.57. The minimum absolute atomic E-state index is 0.0807. The summed E-state index contributed by atoms with van der Waals surface area (Å²) in [7, 11) is 0. The quantitative estimate of drug-likeness (QED) is 0.691. The number of hydrogen-bond donors (Lipinski definition) is 3. The third-order valence-corrected chi connectivity index (χ3v) is 2.20. The van der Waals surface area contributed by atoms with E-state index >= 15 is 0 Å². The summed E-state index contributed by atoms with van der Waals surface area (Å²) in [5, 5.41) is 13.7. The van der Waals surface area contributed by atoms with Crippen molar-refractivity contribution in [3.8, 4) is 5.75 Å². The van der Waals surface area contributed by atoms with Gasteiger partial charge in [0.2, 0.25) is 0 Å². The number of imide groups is 1. The molecule has 0 aliphatic carbocycles. The Morgan fingerprint density at radius 3 is 2.70 bits per heavy atom. The second kappa shape index (κ2) is 7.78. The molecule has 1 aromatic rings. The molecule has 0 saturated carbocycles. The lowest BCUT2D eigenvalue weighted by Crippen LogP contribution is -2.41. The average molecular weight is 280 g/mol. The highest BCUT2D eigenvalue weighted by Crippen LogP contribution is 2.11. The fraction of sp³-hybridized carbons (Fsp3) is 0.308. The van der Waals surface area contributed by atoms with E-state index in [0.717, 1.165) is 6.42 Å². The smallest absolute Gasteiger partial charge is 0.338 e. The Morgan fingerprint density at radius 1 is 1.30 bits per heavy atom. The second-order valence-electron chi connectivity index (χ2n) is 3.93. The van der Waals surface area contributed by atoms with Gasteiger partial charge in [-0.25, -0.2) is 9.59 Å². The first-order chi connectivity index (χ1) is 9.52. The largest absolute Gasteiger partial charge is 0.508 e. The molecule has 0 bridgehead atoms. The standard InChI is InChI=1S/C13H16N2O5/c1-2-6-14-13(19)15-11(17)8-20-12(18)9-4-3-5-10(16)7-9/h3-5,7,16H,2,6,8H2,1H3,(H2,14,15,17,19). The van der Waals surface area contributed by atoms with Crippen LogP contribution in [0.15, 0.2) is 24.3 Å². The van der Waals surface area contributed by atoms with Gasteiger partial charge in [-0.3, -0.25) is 10.1 Å². The van der Waals surface area contributed by atoms with E-state index in [1.54, 1.807) is 0 Å². The highest BCUT2D eigenvalue weighted by molar-refractivity contribution is 5.97. The predicted octanol–water partition coefficient (Wildman–Crippen LogP) is 0.785. The number of phenolic OH excluding ortho intramolecular Hbond substituents is 1. The summed E-state index contributed by atoms with van der Waals surface area (Å²) in [6.45, 7) is 1.75. The van der Waals surface area contributed by atoms with Gasteiger partial charge in [-0.15, -0.1) is 0 Å². The number of aromatic hydroxyl groups is 1. The van der Waals surface area contributed by atoms with Crippen LogP contribution in [0.4, 0.5) is 4.79 Å². The van der Waals surface area contributed by atoms with E-state index in [-0.39, 0.29) is 11.3 Å². The summed E-state index contributed by atoms with van der Waals surface area (Å²) in [5.41, 5.74) is 0.119. The fourth-order valence-corrected chi connectivity index (χ4v) is 1.29. The number of esters is 1. The molecule has 0 heterocycles. The molecule has 0 fully saturated rings. The number of phenols is 1. The molecule has 0 unspecified atom stereocenters. The van der Waals surface area contributed by atoms with E-state index in [0.29, 0.717) is 6.54 Å². The zero-order valence-electron chi connectivity index (χ0n) is 11.0. The van der Waals surface area contributed by atoms with Gasteiger partial charge in [-0.05, 0) is 24.6 Å². The van der Waals surface area contributed by atoms with Gasteiger partial charge in [0.25, 0.3) is 5.91 Å². The molecular formula is C13H16N2O5. The van der Waals surface area contributed by atoms with E-state index in [2.05, 4.69) is 5.32 Å². The van der Waals surface area contributed by atoms with Gasteiger partial charge in [0.05, 0.1) is 5.56 Å². The van der Waals surface area contributed by atoms with Crippen LogP contribution in [0, 0.1) is 0 Å². The van der Waals surface area contributed by atoms with Crippen molar-refractivity contribution in [2.45, 2.75) is 13.3 Å². The molecule has 20 heavy (non-hydrogen) atoms. The lowest BCUT2D eigenvalue weighted by Gasteiger charge is -2.06. The number of urea groups is 1. The van der Waals surface area contributed by atoms with E-state index < -0.39 is 24.5 Å². The van der Waals surface area contributed by atoms with Crippen molar-refractivity contribution in [3.05, 3.63) is 29.8 Å². The van der Waals surface area contributed by atoms with Crippen molar-refractivity contribution in [2.24, 2.45) is 0 Å². The summed E-state index contributed by atoms with van der Waals surface area (Å²) in [4.78, 5) is 34.0. The summed E-state index contributed by atoms with van der Waals surface area (Å²) >= 11 is 0. The Balaban J connectivity index is 2.37. The first-order valence-corrected chi connectivity index (χ1v) is 6.06. The average Bonchev–Trinajstić information content (AvgIpc) is 2.42. The van der Waals surface area contributed by atoms with Crippen LogP contribution in [-0.2, 0) is 9.53 Å². The number of rotatable bonds is 5. The molecule has 0 atom stereocenters. The molecule has 7 nitrogen and oxygen atoms in total. The van der Waals surface area contributed by atoms with Gasteiger partial charge in [0.15, 0.2) is 6.61 Å². The normalized spacial score (nSPS) is 9.65. The van der Waals surface area contributed by atoms with Gasteiger partial charge in [0.1, 0.15) is 5.75 Å². The lowest BCUT2D eigenvalue weighted by molar-refractivity contribution is -0.123. The van der Waals surface area contributed by atoms with Gasteiger partial charge in [-0.2, -0.15) is 0 Å². The molecular weight excluding hydrogens is 264 g/mol. The Labute approximate surface area is 115 Å². The van der Waals surface area contributed by atoms with Crippen LogP contribution in [0.25, 0.3) is 0 Å². The Hall–Kier alpha value is -2.57. The zero-order chi connectivity index (χ0) is 15.0. The van der Waals surface area contributed by atoms with Crippen molar-refractivity contribution in [1.29, 1.82) is 0 Å². The highest BCUT2D eigenvalue weighted by atomic mass is 16.5. The van der Waals surface area contributed by atoms with Gasteiger partial charge in [0, 0.05) is 6.54 Å².